The van der Waals surface area contributed by atoms with Gasteiger partial charge in [-0.15, -0.1) is 0 Å². The van der Waals surface area contributed by atoms with Gasteiger partial charge >= 0.3 is 12.3 Å². The Morgan fingerprint density at radius 2 is 1.07 bits per heavy atom. The van der Waals surface area contributed by atoms with Crippen molar-refractivity contribution in [2.45, 2.75) is 13.8 Å². The van der Waals surface area contributed by atoms with Crippen molar-refractivity contribution in [1.29, 1.82) is 0 Å². The summed E-state index contributed by atoms with van der Waals surface area (Å²) in [6.45, 7) is 3.55. The average molecular weight is 384 g/mol. The Kier molecular flexibility index (Phi) is 5.39. The minimum Gasteiger partial charge on any atom is -0.434 e. The molecule has 3 rings (SSSR count). The molecular formula is C20H16O8. The summed E-state index contributed by atoms with van der Waals surface area (Å²) in [4.78, 5) is 48.5. The van der Waals surface area contributed by atoms with Crippen molar-refractivity contribution in [1.82, 2.24) is 0 Å². The van der Waals surface area contributed by atoms with Gasteiger partial charge in [0.15, 0.2) is 11.6 Å². The van der Waals surface area contributed by atoms with Crippen LogP contribution in [0.3, 0.4) is 0 Å². The van der Waals surface area contributed by atoms with E-state index in [4.69, 9.17) is 18.9 Å². The van der Waals surface area contributed by atoms with Crippen LogP contribution >= 0.6 is 0 Å². The van der Waals surface area contributed by atoms with Gasteiger partial charge in [0.1, 0.15) is 11.5 Å². The molecule has 0 heterocycles. The van der Waals surface area contributed by atoms with Crippen molar-refractivity contribution in [3.05, 3.63) is 58.7 Å². The molecule has 0 saturated heterocycles. The maximum absolute atomic E-state index is 12.8. The predicted octanol–water partition coefficient (Wildman–Crippen LogP) is 3.53. The molecule has 0 amide bonds. The lowest BCUT2D eigenvalue weighted by atomic mass is 9.84. The number of carbonyl (C=O) groups excluding carboxylic acids is 4. The van der Waals surface area contributed by atoms with Crippen LogP contribution in [0.2, 0.25) is 0 Å². The monoisotopic (exact) mass is 384 g/mol. The summed E-state index contributed by atoms with van der Waals surface area (Å²) in [5, 5.41) is 0. The largest absolute Gasteiger partial charge is 0.513 e. The summed E-state index contributed by atoms with van der Waals surface area (Å²) in [7, 11) is 0. The predicted molar refractivity (Wildman–Crippen MR) is 95.0 cm³/mol. The summed E-state index contributed by atoms with van der Waals surface area (Å²) in [5.41, 5.74) is 0.528. The molecule has 8 nitrogen and oxygen atoms in total. The Hall–Kier alpha value is -3.68. The summed E-state index contributed by atoms with van der Waals surface area (Å²) in [6, 6.07) is 8.21. The van der Waals surface area contributed by atoms with Crippen LogP contribution in [0.4, 0.5) is 9.59 Å². The van der Waals surface area contributed by atoms with Crippen LogP contribution in [-0.2, 0) is 9.47 Å². The van der Waals surface area contributed by atoms with Gasteiger partial charge in [-0.05, 0) is 50.2 Å². The van der Waals surface area contributed by atoms with E-state index in [0.717, 1.165) is 0 Å². The molecule has 0 N–H and O–H groups in total. The van der Waals surface area contributed by atoms with E-state index in [1.807, 2.05) is 0 Å². The number of fused-ring (bicyclic) bond motifs is 2. The van der Waals surface area contributed by atoms with E-state index in [-0.39, 0.29) is 47.0 Å². The first kappa shape index (κ1) is 19.1. The van der Waals surface area contributed by atoms with Crippen LogP contribution in [0.25, 0.3) is 0 Å². The van der Waals surface area contributed by atoms with Gasteiger partial charge in [0, 0.05) is 22.3 Å². The maximum atomic E-state index is 12.8. The summed E-state index contributed by atoms with van der Waals surface area (Å²) < 4.78 is 19.3. The van der Waals surface area contributed by atoms with Gasteiger partial charge in [-0.3, -0.25) is 9.59 Å². The molecular weight excluding hydrogens is 368 g/mol. The standard InChI is InChI=1S/C20H16O8/c1-3-25-19(23)27-11-5-7-13-15(9-11)17(21)14-8-6-12(10-16(14)18(13)22)28-20(24)26-4-2/h5-10H,3-4H2,1-2H3. The summed E-state index contributed by atoms with van der Waals surface area (Å²) >= 11 is 0. The Morgan fingerprint density at radius 3 is 1.43 bits per heavy atom. The normalized spacial score (nSPS) is 11.9. The minimum absolute atomic E-state index is 0.0871. The molecule has 0 bridgehead atoms. The number of carbonyl (C=O) groups is 4. The molecule has 0 aromatic heterocycles. The second-order valence-corrected chi connectivity index (χ2v) is 5.64. The smallest absolute Gasteiger partial charge is 0.434 e. The Bertz CT molecular complexity index is 897. The number of hydrogen-bond donors (Lipinski definition) is 0. The van der Waals surface area contributed by atoms with Crippen LogP contribution in [0, 0.1) is 0 Å². The maximum Gasteiger partial charge on any atom is 0.513 e. The van der Waals surface area contributed by atoms with E-state index in [9.17, 15) is 19.2 Å². The molecule has 0 radical (unpaired) electrons. The number of benzene rings is 2. The third kappa shape index (κ3) is 3.71. The zero-order chi connectivity index (χ0) is 20.3. The van der Waals surface area contributed by atoms with Crippen LogP contribution in [0.15, 0.2) is 36.4 Å². The van der Waals surface area contributed by atoms with Crippen LogP contribution < -0.4 is 9.47 Å². The molecule has 8 heteroatoms. The quantitative estimate of drug-likeness (QED) is 0.497. The molecule has 0 spiro atoms. The fraction of sp³-hybridized carbons (Fsp3) is 0.200. The molecule has 1 aliphatic rings. The molecule has 0 fully saturated rings. The topological polar surface area (TPSA) is 105 Å². The zero-order valence-electron chi connectivity index (χ0n) is 15.1. The number of ether oxygens (including phenoxy) is 4. The number of ketones is 2. The second kappa shape index (κ2) is 7.91. The second-order valence-electron chi connectivity index (χ2n) is 5.64. The van der Waals surface area contributed by atoms with Gasteiger partial charge in [0.05, 0.1) is 13.2 Å². The van der Waals surface area contributed by atoms with E-state index in [2.05, 4.69) is 0 Å². The highest BCUT2D eigenvalue weighted by molar-refractivity contribution is 6.28. The first-order chi connectivity index (χ1) is 13.4. The molecule has 2 aromatic carbocycles. The lowest BCUT2D eigenvalue weighted by Gasteiger charge is -2.18. The number of hydrogen-bond acceptors (Lipinski definition) is 8. The third-order valence-electron chi connectivity index (χ3n) is 3.89. The van der Waals surface area contributed by atoms with E-state index in [1.165, 1.54) is 36.4 Å². The first-order valence-corrected chi connectivity index (χ1v) is 8.51. The summed E-state index contributed by atoms with van der Waals surface area (Å²) in [6.07, 6.45) is -1.81. The van der Waals surface area contributed by atoms with E-state index >= 15 is 0 Å². The van der Waals surface area contributed by atoms with Crippen molar-refractivity contribution >= 4 is 23.9 Å². The van der Waals surface area contributed by atoms with E-state index in [1.54, 1.807) is 13.8 Å². The van der Waals surface area contributed by atoms with Gasteiger partial charge < -0.3 is 18.9 Å². The highest BCUT2D eigenvalue weighted by Crippen LogP contribution is 2.32. The average Bonchev–Trinajstić information content (AvgIpc) is 2.66. The first-order valence-electron chi connectivity index (χ1n) is 8.51. The van der Waals surface area contributed by atoms with Gasteiger partial charge in [0.25, 0.3) is 0 Å². The van der Waals surface area contributed by atoms with E-state index < -0.39 is 23.9 Å². The molecule has 0 aliphatic heterocycles. The highest BCUT2D eigenvalue weighted by Gasteiger charge is 2.31. The van der Waals surface area contributed by atoms with Gasteiger partial charge in [-0.1, -0.05) is 0 Å². The van der Waals surface area contributed by atoms with Gasteiger partial charge in [0.2, 0.25) is 0 Å². The highest BCUT2D eigenvalue weighted by atomic mass is 16.7. The fourth-order valence-electron chi connectivity index (χ4n) is 2.72. The Morgan fingerprint density at radius 1 is 0.679 bits per heavy atom. The van der Waals surface area contributed by atoms with Gasteiger partial charge in [-0.2, -0.15) is 0 Å². The molecule has 0 unspecified atom stereocenters. The van der Waals surface area contributed by atoms with Crippen LogP contribution in [0.5, 0.6) is 11.5 Å². The fourth-order valence-corrected chi connectivity index (χ4v) is 2.72. The summed E-state index contributed by atoms with van der Waals surface area (Å²) in [5.74, 6) is -0.656. The van der Waals surface area contributed by atoms with Gasteiger partial charge in [-0.25, -0.2) is 9.59 Å². The minimum atomic E-state index is -0.904. The molecule has 2 aromatic rings. The van der Waals surface area contributed by atoms with Crippen molar-refractivity contribution in [3.8, 4) is 11.5 Å². The molecule has 1 aliphatic carbocycles. The van der Waals surface area contributed by atoms with Crippen molar-refractivity contribution in [2.75, 3.05) is 13.2 Å². The lowest BCUT2D eigenvalue weighted by molar-refractivity contribution is 0.0972. The third-order valence-corrected chi connectivity index (χ3v) is 3.89. The Balaban J connectivity index is 1.91. The van der Waals surface area contributed by atoms with E-state index in [0.29, 0.717) is 0 Å². The van der Waals surface area contributed by atoms with Crippen LogP contribution in [0.1, 0.15) is 45.7 Å². The molecule has 0 saturated carbocycles. The number of rotatable bonds is 4. The lowest BCUT2D eigenvalue weighted by Crippen LogP contribution is -2.21. The van der Waals surface area contributed by atoms with Crippen molar-refractivity contribution in [3.63, 3.8) is 0 Å². The SMILES string of the molecule is CCOC(=O)Oc1ccc2c(c1)C(=O)c1ccc(OC(=O)OCC)cc1C2=O. The van der Waals surface area contributed by atoms with Crippen LogP contribution in [-0.4, -0.2) is 37.1 Å². The van der Waals surface area contributed by atoms with Crippen molar-refractivity contribution in [2.24, 2.45) is 0 Å². The molecule has 28 heavy (non-hydrogen) atoms. The zero-order valence-corrected chi connectivity index (χ0v) is 15.1. The van der Waals surface area contributed by atoms with Crippen molar-refractivity contribution < 1.29 is 38.1 Å². The molecule has 0 atom stereocenters. The Labute approximate surface area is 160 Å². The molecule has 144 valence electrons.